The standard InChI is InChI=1S/C17H25ClN2.C6H6ClN2.Y/c1-4-20(14(2)3)17-9-11-19(12-10-17)13-15-5-7-16(18)8-6-15;7-6-1-5(2-8)3-9-4-6;/h5-8,14,17H,1-2,4,9-13H2,3H3;1,3H,2,8H2;/q-2;-1;+3/t14-;;/m1../s1. The molecule has 1 fully saturated rings. The number of halogens is 2. The van der Waals surface area contributed by atoms with Gasteiger partial charge in [-0.25, -0.2) is 0 Å². The summed E-state index contributed by atoms with van der Waals surface area (Å²) in [6.45, 7) is 15.0. The van der Waals surface area contributed by atoms with Gasteiger partial charge >= 0.3 is 32.7 Å². The zero-order valence-electron chi connectivity index (χ0n) is 17.7. The fourth-order valence-corrected chi connectivity index (χ4v) is 3.86. The average Bonchev–Trinajstić information content (AvgIpc) is 2.72. The molecule has 1 aliphatic rings. The summed E-state index contributed by atoms with van der Waals surface area (Å²) in [5.74, 6) is 0. The molecule has 0 unspecified atom stereocenters. The molecule has 2 aromatic rings. The van der Waals surface area contributed by atoms with Crippen LogP contribution < -0.4 is 5.73 Å². The molecule has 0 radical (unpaired) electrons. The van der Waals surface area contributed by atoms with Gasteiger partial charge in [-0.1, -0.05) is 48.1 Å². The summed E-state index contributed by atoms with van der Waals surface area (Å²) in [6.07, 6.45) is 6.63. The maximum atomic E-state index is 5.92. The number of benzene rings is 1. The first-order valence-corrected chi connectivity index (χ1v) is 10.8. The molecule has 1 aromatic heterocycles. The van der Waals surface area contributed by atoms with E-state index in [0.717, 1.165) is 36.8 Å². The Morgan fingerprint density at radius 2 is 1.87 bits per heavy atom. The van der Waals surface area contributed by atoms with Crippen molar-refractivity contribution in [2.45, 2.75) is 44.9 Å². The van der Waals surface area contributed by atoms with E-state index in [2.05, 4.69) is 53.9 Å². The van der Waals surface area contributed by atoms with Crippen LogP contribution in [0.1, 0.15) is 30.9 Å². The van der Waals surface area contributed by atoms with Crippen LogP contribution in [0, 0.1) is 20.0 Å². The van der Waals surface area contributed by atoms with Crippen LogP contribution in [0.3, 0.4) is 0 Å². The van der Waals surface area contributed by atoms with Crippen LogP contribution in [0.15, 0.2) is 36.5 Å². The Morgan fingerprint density at radius 1 is 1.23 bits per heavy atom. The average molecular weight is 523 g/mol. The van der Waals surface area contributed by atoms with Gasteiger partial charge in [-0.2, -0.15) is 0 Å². The van der Waals surface area contributed by atoms with Crippen LogP contribution in [0.2, 0.25) is 10.0 Å². The topological polar surface area (TPSA) is 45.4 Å². The second-order valence-electron chi connectivity index (χ2n) is 7.36. The minimum atomic E-state index is 0. The Hall–Kier alpha value is -0.0661. The molecule has 0 saturated carbocycles. The van der Waals surface area contributed by atoms with Gasteiger partial charge < -0.3 is 29.5 Å². The predicted octanol–water partition coefficient (Wildman–Crippen LogP) is 4.65. The molecule has 0 amide bonds. The number of hydrogen-bond acceptors (Lipinski definition) is 4. The Balaban J connectivity index is 0.000000379. The maximum Gasteiger partial charge on any atom is 3.00 e. The number of likely N-dealkylation sites (tertiary alicyclic amines) is 1. The van der Waals surface area contributed by atoms with E-state index in [9.17, 15) is 0 Å². The van der Waals surface area contributed by atoms with Gasteiger partial charge in [0.25, 0.3) is 0 Å². The summed E-state index contributed by atoms with van der Waals surface area (Å²) in [7, 11) is 0. The van der Waals surface area contributed by atoms with Gasteiger partial charge in [0.05, 0.1) is 0 Å². The van der Waals surface area contributed by atoms with E-state index in [4.69, 9.17) is 28.9 Å². The summed E-state index contributed by atoms with van der Waals surface area (Å²) >= 11 is 11.5. The normalized spacial score (nSPS) is 15.8. The van der Waals surface area contributed by atoms with Gasteiger partial charge in [0.2, 0.25) is 0 Å². The van der Waals surface area contributed by atoms with Crippen molar-refractivity contribution < 1.29 is 32.7 Å². The molecule has 2 heterocycles. The van der Waals surface area contributed by atoms with Crippen LogP contribution in [-0.2, 0) is 45.8 Å². The van der Waals surface area contributed by atoms with E-state index in [-0.39, 0.29) is 32.7 Å². The number of pyridine rings is 1. The van der Waals surface area contributed by atoms with E-state index in [1.165, 1.54) is 18.4 Å². The third-order valence-electron chi connectivity index (χ3n) is 5.12. The van der Waals surface area contributed by atoms with Gasteiger partial charge in [-0.3, -0.25) is 4.90 Å². The van der Waals surface area contributed by atoms with Crippen molar-refractivity contribution in [3.63, 3.8) is 0 Å². The molecular weight excluding hydrogens is 492 g/mol. The minimum absolute atomic E-state index is 0. The molecule has 1 aromatic carbocycles. The fraction of sp³-hybridized carbons (Fsp3) is 0.435. The first-order valence-electron chi connectivity index (χ1n) is 10.00. The van der Waals surface area contributed by atoms with Crippen LogP contribution in [-0.4, -0.2) is 46.5 Å². The fourth-order valence-electron chi connectivity index (χ4n) is 3.54. The summed E-state index contributed by atoms with van der Waals surface area (Å²) in [6, 6.07) is 10.9. The van der Waals surface area contributed by atoms with Crippen LogP contribution in [0.5, 0.6) is 0 Å². The Bertz CT molecular complexity index is 719. The molecule has 1 aliphatic heterocycles. The molecule has 1 atom stereocenters. The van der Waals surface area contributed by atoms with E-state index in [1.807, 2.05) is 12.1 Å². The van der Waals surface area contributed by atoms with Crippen molar-refractivity contribution in [1.82, 2.24) is 14.8 Å². The summed E-state index contributed by atoms with van der Waals surface area (Å²) in [5.41, 5.74) is 7.58. The van der Waals surface area contributed by atoms with Crippen LogP contribution in [0.25, 0.3) is 0 Å². The number of nitrogens with two attached hydrogens (primary N) is 1. The van der Waals surface area contributed by atoms with Crippen molar-refractivity contribution in [2.75, 3.05) is 19.6 Å². The molecule has 0 bridgehead atoms. The van der Waals surface area contributed by atoms with Crippen molar-refractivity contribution in [2.24, 2.45) is 5.73 Å². The second kappa shape index (κ2) is 14.9. The van der Waals surface area contributed by atoms with Gasteiger partial charge in [-0.05, 0) is 50.2 Å². The van der Waals surface area contributed by atoms with Gasteiger partial charge in [0.15, 0.2) is 0 Å². The molecule has 0 spiro atoms. The van der Waals surface area contributed by atoms with Gasteiger partial charge in [0, 0.05) is 17.6 Å². The Morgan fingerprint density at radius 3 is 2.33 bits per heavy atom. The number of hydrogen-bond donors (Lipinski definition) is 1. The third kappa shape index (κ3) is 9.60. The van der Waals surface area contributed by atoms with E-state index in [0.29, 0.717) is 23.7 Å². The molecule has 4 nitrogen and oxygen atoms in total. The van der Waals surface area contributed by atoms with Crippen LogP contribution in [0.4, 0.5) is 0 Å². The summed E-state index contributed by atoms with van der Waals surface area (Å²) < 4.78 is 0. The predicted molar refractivity (Wildman–Crippen MR) is 123 cm³/mol. The maximum absolute atomic E-state index is 5.92. The second-order valence-corrected chi connectivity index (χ2v) is 8.21. The van der Waals surface area contributed by atoms with Gasteiger partial charge in [-0.15, -0.1) is 35.8 Å². The van der Waals surface area contributed by atoms with Gasteiger partial charge in [0.1, 0.15) is 0 Å². The molecule has 1 saturated heterocycles. The quantitative estimate of drug-likeness (QED) is 0.560. The van der Waals surface area contributed by atoms with E-state index in [1.54, 1.807) is 12.3 Å². The SMILES string of the molecule is NCc1cn[c-]c(Cl)c1.[CH2-]CN(C1CCN(Cc2ccc(Cl)cc2)CC1)[C@H]([CH2-])C.[Y+3]. The van der Waals surface area contributed by atoms with E-state index < -0.39 is 0 Å². The zero-order chi connectivity index (χ0) is 21.2. The molecule has 7 heteroatoms. The zero-order valence-corrected chi connectivity index (χ0v) is 22.1. The molecule has 160 valence electrons. The molecular formula is C23H31Cl2N4Y. The molecule has 0 aliphatic carbocycles. The van der Waals surface area contributed by atoms with Crippen molar-refractivity contribution >= 4 is 23.2 Å². The first-order chi connectivity index (χ1) is 13.9. The monoisotopic (exact) mass is 522 g/mol. The third-order valence-corrected chi connectivity index (χ3v) is 5.57. The van der Waals surface area contributed by atoms with E-state index >= 15 is 0 Å². The van der Waals surface area contributed by atoms with Crippen molar-refractivity contribution in [1.29, 1.82) is 0 Å². The smallest absolute Gasteiger partial charge is 0.392 e. The Labute approximate surface area is 217 Å². The molecule has 30 heavy (non-hydrogen) atoms. The minimum Gasteiger partial charge on any atom is -0.392 e. The van der Waals surface area contributed by atoms with Crippen molar-refractivity contribution in [3.05, 3.63) is 77.7 Å². The number of nitrogens with zero attached hydrogens (tertiary/aromatic N) is 3. The number of piperidine rings is 1. The number of rotatable bonds is 6. The number of aromatic nitrogens is 1. The van der Waals surface area contributed by atoms with Crippen molar-refractivity contribution in [3.8, 4) is 0 Å². The Kier molecular flexibility index (Phi) is 13.9. The van der Waals surface area contributed by atoms with Crippen LogP contribution >= 0.6 is 23.2 Å². The molecule has 2 N–H and O–H groups in total. The largest absolute Gasteiger partial charge is 3.00 e. The molecule has 3 rings (SSSR count). The summed E-state index contributed by atoms with van der Waals surface area (Å²) in [5, 5.41) is 1.32. The first kappa shape index (κ1) is 28.0. The summed E-state index contributed by atoms with van der Waals surface area (Å²) in [4.78, 5) is 8.66.